The highest BCUT2D eigenvalue weighted by atomic mass is 19.4. The normalized spacial score (nSPS) is 23.0. The Morgan fingerprint density at radius 3 is 0.833 bits per heavy atom. The number of hydrogen-bond acceptors (Lipinski definition) is 0. The zero-order chi connectivity index (χ0) is 13.8. The molecule has 0 radical (unpaired) electrons. The number of halogens is 6. The molecule has 2 fully saturated rings. The minimum atomic E-state index is -3.92. The van der Waals surface area contributed by atoms with Crippen molar-refractivity contribution in [3.05, 3.63) is 0 Å². The lowest BCUT2D eigenvalue weighted by Crippen LogP contribution is -2.19. The summed E-state index contributed by atoms with van der Waals surface area (Å²) in [5.41, 5.74) is 0. The molecule has 0 amide bonds. The Morgan fingerprint density at radius 1 is 0.500 bits per heavy atom. The van der Waals surface area contributed by atoms with Crippen LogP contribution in [0.3, 0.4) is 0 Å². The van der Waals surface area contributed by atoms with Crippen molar-refractivity contribution in [2.75, 3.05) is 0 Å². The Balaban J connectivity index is 0.000000180. The molecule has 0 N–H and O–H groups in total. The van der Waals surface area contributed by atoms with Crippen LogP contribution in [0.2, 0.25) is 0 Å². The van der Waals surface area contributed by atoms with E-state index in [4.69, 9.17) is 0 Å². The van der Waals surface area contributed by atoms with Gasteiger partial charge in [0.15, 0.2) is 0 Å². The van der Waals surface area contributed by atoms with Crippen LogP contribution in [0.1, 0.15) is 51.4 Å². The first-order valence-electron chi connectivity index (χ1n) is 6.34. The molecule has 0 aromatic rings. The van der Waals surface area contributed by atoms with Gasteiger partial charge >= 0.3 is 12.4 Å². The van der Waals surface area contributed by atoms with E-state index in [1.165, 1.54) is 0 Å². The van der Waals surface area contributed by atoms with Crippen LogP contribution >= 0.6 is 0 Å². The van der Waals surface area contributed by atoms with Gasteiger partial charge in [-0.15, -0.1) is 0 Å². The lowest BCUT2D eigenvalue weighted by molar-refractivity contribution is -0.173. The van der Waals surface area contributed by atoms with Crippen molar-refractivity contribution >= 4 is 0 Å². The van der Waals surface area contributed by atoms with Crippen LogP contribution in [0.4, 0.5) is 26.3 Å². The van der Waals surface area contributed by atoms with E-state index in [-0.39, 0.29) is 0 Å². The van der Waals surface area contributed by atoms with E-state index in [1.807, 2.05) is 0 Å². The van der Waals surface area contributed by atoms with Gasteiger partial charge in [-0.3, -0.25) is 0 Å². The molecule has 0 nitrogen and oxygen atoms in total. The van der Waals surface area contributed by atoms with E-state index < -0.39 is 24.2 Å². The third kappa shape index (κ3) is 5.06. The average molecular weight is 276 g/mol. The molecule has 0 unspecified atom stereocenters. The van der Waals surface area contributed by atoms with Crippen LogP contribution < -0.4 is 0 Å². The van der Waals surface area contributed by atoms with Gasteiger partial charge in [-0.2, -0.15) is 26.3 Å². The summed E-state index contributed by atoms with van der Waals surface area (Å²) in [6.45, 7) is 0. The molecule has 0 spiro atoms. The summed E-state index contributed by atoms with van der Waals surface area (Å²) in [6, 6.07) is 0. The van der Waals surface area contributed by atoms with Gasteiger partial charge in [0.1, 0.15) is 0 Å². The van der Waals surface area contributed by atoms with Gasteiger partial charge in [-0.1, -0.05) is 25.7 Å². The highest BCUT2D eigenvalue weighted by Crippen LogP contribution is 2.39. The summed E-state index contributed by atoms with van der Waals surface area (Å²) < 4.78 is 70.6. The van der Waals surface area contributed by atoms with E-state index in [9.17, 15) is 26.3 Å². The Kier molecular flexibility index (Phi) is 5.34. The molecule has 0 heterocycles. The molecule has 0 aromatic carbocycles. The Morgan fingerprint density at radius 2 is 0.722 bits per heavy atom. The summed E-state index contributed by atoms with van der Waals surface area (Å²) in [4.78, 5) is 0. The summed E-state index contributed by atoms with van der Waals surface area (Å²) in [6.07, 6.45) is -3.42. The van der Waals surface area contributed by atoms with Crippen molar-refractivity contribution < 1.29 is 26.3 Å². The first-order valence-corrected chi connectivity index (χ1v) is 6.34. The van der Waals surface area contributed by atoms with Crippen LogP contribution in [0.15, 0.2) is 0 Å². The van der Waals surface area contributed by atoms with Gasteiger partial charge in [-0.05, 0) is 25.7 Å². The van der Waals surface area contributed by atoms with Crippen molar-refractivity contribution in [1.82, 2.24) is 0 Å². The van der Waals surface area contributed by atoms with Gasteiger partial charge in [-0.25, -0.2) is 0 Å². The quantitative estimate of drug-likeness (QED) is 0.514. The maximum absolute atomic E-state index is 11.8. The minimum absolute atomic E-state index is 0.351. The highest BCUT2D eigenvalue weighted by molar-refractivity contribution is 4.73. The second-order valence-corrected chi connectivity index (χ2v) is 5.05. The van der Waals surface area contributed by atoms with Gasteiger partial charge in [0, 0.05) is 0 Å². The fourth-order valence-electron chi connectivity index (χ4n) is 2.51. The first-order chi connectivity index (χ1) is 8.21. The fourth-order valence-corrected chi connectivity index (χ4v) is 2.51. The topological polar surface area (TPSA) is 0 Å². The molecule has 2 saturated carbocycles. The van der Waals surface area contributed by atoms with Gasteiger partial charge < -0.3 is 0 Å². The predicted molar refractivity (Wildman–Crippen MR) is 56.0 cm³/mol. The third-order valence-electron chi connectivity index (χ3n) is 3.64. The van der Waals surface area contributed by atoms with Crippen molar-refractivity contribution in [2.45, 2.75) is 63.7 Å². The zero-order valence-electron chi connectivity index (χ0n) is 10.1. The molecule has 0 aliphatic heterocycles. The van der Waals surface area contributed by atoms with E-state index in [0.717, 1.165) is 25.7 Å². The largest absolute Gasteiger partial charge is 0.391 e. The Hall–Kier alpha value is -0.420. The second-order valence-electron chi connectivity index (χ2n) is 5.05. The minimum Gasteiger partial charge on any atom is -0.171 e. The highest BCUT2D eigenvalue weighted by Gasteiger charge is 2.41. The SMILES string of the molecule is FC(F)(F)C1CCCC1.FC(F)(F)C1CCCC1. The standard InChI is InChI=1S/2C6H9F3/c2*7-6(8,9)5-3-1-2-4-5/h2*5H,1-4H2. The monoisotopic (exact) mass is 276 g/mol. The summed E-state index contributed by atoms with van der Waals surface area (Å²) in [7, 11) is 0. The summed E-state index contributed by atoms with van der Waals surface area (Å²) in [5.74, 6) is -1.98. The van der Waals surface area contributed by atoms with E-state index in [0.29, 0.717) is 25.7 Å². The van der Waals surface area contributed by atoms with Gasteiger partial charge in [0.25, 0.3) is 0 Å². The predicted octanol–water partition coefficient (Wildman–Crippen LogP) is 5.48. The lowest BCUT2D eigenvalue weighted by Gasteiger charge is -2.12. The number of hydrogen-bond donors (Lipinski definition) is 0. The second kappa shape index (κ2) is 6.15. The molecule has 2 rings (SSSR count). The van der Waals surface area contributed by atoms with Gasteiger partial charge in [0.2, 0.25) is 0 Å². The molecule has 0 aromatic heterocycles. The number of rotatable bonds is 0. The molecular formula is C12H18F6. The van der Waals surface area contributed by atoms with Crippen LogP contribution in [0.5, 0.6) is 0 Å². The Labute approximate surface area is 103 Å². The maximum Gasteiger partial charge on any atom is 0.391 e. The smallest absolute Gasteiger partial charge is 0.171 e. The molecule has 0 saturated heterocycles. The molecule has 2 aliphatic rings. The molecule has 0 bridgehead atoms. The molecule has 18 heavy (non-hydrogen) atoms. The fraction of sp³-hybridized carbons (Fsp3) is 1.00. The van der Waals surface area contributed by atoms with Crippen molar-refractivity contribution in [2.24, 2.45) is 11.8 Å². The van der Waals surface area contributed by atoms with Crippen LogP contribution in [-0.4, -0.2) is 12.4 Å². The van der Waals surface area contributed by atoms with E-state index in [1.54, 1.807) is 0 Å². The molecule has 6 heteroatoms. The Bertz CT molecular complexity index is 204. The van der Waals surface area contributed by atoms with Crippen LogP contribution in [0, 0.1) is 11.8 Å². The molecular weight excluding hydrogens is 258 g/mol. The average Bonchev–Trinajstić information content (AvgIpc) is 2.91. The first kappa shape index (κ1) is 15.6. The molecule has 2 aliphatic carbocycles. The lowest BCUT2D eigenvalue weighted by atomic mass is 10.1. The summed E-state index contributed by atoms with van der Waals surface area (Å²) >= 11 is 0. The zero-order valence-corrected chi connectivity index (χ0v) is 10.1. The van der Waals surface area contributed by atoms with Crippen molar-refractivity contribution in [3.63, 3.8) is 0 Å². The van der Waals surface area contributed by atoms with Crippen LogP contribution in [0.25, 0.3) is 0 Å². The van der Waals surface area contributed by atoms with Crippen LogP contribution in [-0.2, 0) is 0 Å². The molecule has 0 atom stereocenters. The third-order valence-corrected chi connectivity index (χ3v) is 3.64. The maximum atomic E-state index is 11.8. The van der Waals surface area contributed by atoms with E-state index in [2.05, 4.69) is 0 Å². The van der Waals surface area contributed by atoms with Crippen molar-refractivity contribution in [1.29, 1.82) is 0 Å². The van der Waals surface area contributed by atoms with Gasteiger partial charge in [0.05, 0.1) is 11.8 Å². The summed E-state index contributed by atoms with van der Waals surface area (Å²) in [5, 5.41) is 0. The molecule has 108 valence electrons. The van der Waals surface area contributed by atoms with E-state index >= 15 is 0 Å². The number of alkyl halides is 6. The van der Waals surface area contributed by atoms with Crippen molar-refractivity contribution in [3.8, 4) is 0 Å².